The van der Waals surface area contributed by atoms with Crippen LogP contribution in [0.15, 0.2) is 0 Å². The second-order valence-corrected chi connectivity index (χ2v) is 6.99. The van der Waals surface area contributed by atoms with Gasteiger partial charge in [0.05, 0.1) is 0 Å². The minimum atomic E-state index is -0.604. The lowest BCUT2D eigenvalue weighted by Crippen LogP contribution is -2.72. The van der Waals surface area contributed by atoms with Gasteiger partial charge in [-0.05, 0) is 25.2 Å². The van der Waals surface area contributed by atoms with Gasteiger partial charge in [0, 0.05) is 6.54 Å². The van der Waals surface area contributed by atoms with E-state index in [-0.39, 0.29) is 23.3 Å². The fraction of sp³-hybridized carbons (Fsp3) is 0.867. The molecular formula is C15H26N2O2. The zero-order valence-electron chi connectivity index (χ0n) is 12.6. The summed E-state index contributed by atoms with van der Waals surface area (Å²) in [5.41, 5.74) is -0.834. The predicted molar refractivity (Wildman–Crippen MR) is 74.6 cm³/mol. The fourth-order valence-corrected chi connectivity index (χ4v) is 3.57. The molecule has 19 heavy (non-hydrogen) atoms. The number of rotatable bonds is 1. The smallest absolute Gasteiger partial charge is 0.249 e. The van der Waals surface area contributed by atoms with Crippen LogP contribution in [0.4, 0.5) is 0 Å². The van der Waals surface area contributed by atoms with E-state index in [0.717, 1.165) is 25.7 Å². The molecule has 2 aliphatic rings. The van der Waals surface area contributed by atoms with Crippen LogP contribution in [-0.2, 0) is 9.59 Å². The highest BCUT2D eigenvalue weighted by Gasteiger charge is 2.53. The number of hydrogen-bond acceptors (Lipinski definition) is 2. The molecule has 1 aliphatic carbocycles. The third-order valence-corrected chi connectivity index (χ3v) is 4.46. The van der Waals surface area contributed by atoms with Crippen LogP contribution in [0.5, 0.6) is 0 Å². The molecule has 2 rings (SSSR count). The van der Waals surface area contributed by atoms with Gasteiger partial charge in [-0.1, -0.05) is 40.0 Å². The first kappa shape index (κ1) is 14.4. The first-order valence-electron chi connectivity index (χ1n) is 7.45. The largest absolute Gasteiger partial charge is 0.340 e. The summed E-state index contributed by atoms with van der Waals surface area (Å²) >= 11 is 0. The third kappa shape index (κ3) is 2.37. The van der Waals surface area contributed by atoms with E-state index < -0.39 is 5.54 Å². The highest BCUT2D eigenvalue weighted by atomic mass is 16.2. The Kier molecular flexibility index (Phi) is 3.63. The third-order valence-electron chi connectivity index (χ3n) is 4.46. The molecule has 2 fully saturated rings. The molecule has 0 radical (unpaired) electrons. The summed E-state index contributed by atoms with van der Waals surface area (Å²) in [6.45, 7) is 8.63. The summed E-state index contributed by atoms with van der Waals surface area (Å²) in [7, 11) is 0. The van der Waals surface area contributed by atoms with Gasteiger partial charge in [-0.3, -0.25) is 9.59 Å². The Morgan fingerprint density at radius 1 is 1.21 bits per heavy atom. The molecule has 1 saturated heterocycles. The lowest BCUT2D eigenvalue weighted by molar-refractivity contribution is -0.160. The van der Waals surface area contributed by atoms with Crippen LogP contribution in [0, 0.1) is 5.41 Å². The average molecular weight is 266 g/mol. The molecule has 1 N–H and O–H groups in total. The van der Waals surface area contributed by atoms with Crippen molar-refractivity contribution in [1.82, 2.24) is 10.2 Å². The van der Waals surface area contributed by atoms with Gasteiger partial charge >= 0.3 is 0 Å². The SMILES string of the molecule is CCN1C(=O)C2(CCCCC2)NC(=O)C1C(C)(C)C. The average Bonchev–Trinajstić information content (AvgIpc) is 2.33. The van der Waals surface area contributed by atoms with Crippen molar-refractivity contribution in [2.45, 2.75) is 71.4 Å². The van der Waals surface area contributed by atoms with Crippen LogP contribution in [0.25, 0.3) is 0 Å². The van der Waals surface area contributed by atoms with E-state index in [2.05, 4.69) is 5.32 Å². The van der Waals surface area contributed by atoms with Crippen molar-refractivity contribution in [2.24, 2.45) is 5.41 Å². The molecule has 1 heterocycles. The maximum atomic E-state index is 12.8. The first-order valence-corrected chi connectivity index (χ1v) is 7.45. The monoisotopic (exact) mass is 266 g/mol. The minimum absolute atomic E-state index is 0.0239. The molecule has 1 unspecified atom stereocenters. The summed E-state index contributed by atoms with van der Waals surface area (Å²) in [6, 6.07) is -0.349. The highest BCUT2D eigenvalue weighted by molar-refractivity contribution is 6.00. The second-order valence-electron chi connectivity index (χ2n) is 6.99. The highest BCUT2D eigenvalue weighted by Crippen LogP contribution is 2.37. The topological polar surface area (TPSA) is 49.4 Å². The van der Waals surface area contributed by atoms with Gasteiger partial charge in [-0.2, -0.15) is 0 Å². The Morgan fingerprint density at radius 2 is 1.79 bits per heavy atom. The maximum Gasteiger partial charge on any atom is 0.249 e. The molecule has 1 saturated carbocycles. The quantitative estimate of drug-likeness (QED) is 0.790. The number of carbonyl (C=O) groups is 2. The zero-order chi connectivity index (χ0) is 14.3. The summed E-state index contributed by atoms with van der Waals surface area (Å²) in [6.07, 6.45) is 4.82. The Labute approximate surface area is 115 Å². The number of hydrogen-bond donors (Lipinski definition) is 1. The van der Waals surface area contributed by atoms with E-state index in [0.29, 0.717) is 6.54 Å². The van der Waals surface area contributed by atoms with Gasteiger partial charge in [0.2, 0.25) is 11.8 Å². The van der Waals surface area contributed by atoms with Crippen LogP contribution in [0.2, 0.25) is 0 Å². The van der Waals surface area contributed by atoms with E-state index in [1.54, 1.807) is 4.90 Å². The number of piperazine rings is 1. The Bertz CT molecular complexity index is 378. The standard InChI is InChI=1S/C15H26N2O2/c1-5-17-11(14(2,3)4)12(18)16-15(13(17)19)9-7-6-8-10-15/h11H,5-10H2,1-4H3,(H,16,18). The number of amides is 2. The molecule has 108 valence electrons. The molecule has 0 aromatic heterocycles. The summed E-state index contributed by atoms with van der Waals surface area (Å²) in [5, 5.41) is 3.07. The van der Waals surface area contributed by atoms with Crippen LogP contribution in [0.1, 0.15) is 59.8 Å². The van der Waals surface area contributed by atoms with Gasteiger partial charge < -0.3 is 10.2 Å². The molecule has 0 bridgehead atoms. The van der Waals surface area contributed by atoms with Crippen LogP contribution >= 0.6 is 0 Å². The van der Waals surface area contributed by atoms with Gasteiger partial charge in [0.25, 0.3) is 0 Å². The van der Waals surface area contributed by atoms with Crippen LogP contribution in [-0.4, -0.2) is 34.8 Å². The van der Waals surface area contributed by atoms with Crippen molar-refractivity contribution in [1.29, 1.82) is 0 Å². The number of likely N-dealkylation sites (N-methyl/N-ethyl adjacent to an activating group) is 1. The minimum Gasteiger partial charge on any atom is -0.340 e. The van der Waals surface area contributed by atoms with Crippen molar-refractivity contribution in [3.05, 3.63) is 0 Å². The van der Waals surface area contributed by atoms with E-state index in [4.69, 9.17) is 0 Å². The molecule has 1 aliphatic heterocycles. The van der Waals surface area contributed by atoms with Gasteiger partial charge in [0.1, 0.15) is 11.6 Å². The molecule has 1 spiro atoms. The Hall–Kier alpha value is -1.06. The van der Waals surface area contributed by atoms with E-state index >= 15 is 0 Å². The predicted octanol–water partition coefficient (Wildman–Crippen LogP) is 2.08. The lowest BCUT2D eigenvalue weighted by atomic mass is 9.75. The van der Waals surface area contributed by atoms with Gasteiger partial charge in [0.15, 0.2) is 0 Å². The van der Waals surface area contributed by atoms with E-state index in [1.165, 1.54) is 6.42 Å². The molecule has 1 atom stereocenters. The van der Waals surface area contributed by atoms with E-state index in [9.17, 15) is 9.59 Å². The number of nitrogens with one attached hydrogen (secondary N) is 1. The van der Waals surface area contributed by atoms with Crippen molar-refractivity contribution in [3.63, 3.8) is 0 Å². The first-order chi connectivity index (χ1) is 8.82. The van der Waals surface area contributed by atoms with Crippen LogP contribution < -0.4 is 5.32 Å². The Morgan fingerprint density at radius 3 is 2.26 bits per heavy atom. The Balaban J connectivity index is 2.33. The molecule has 4 nitrogen and oxygen atoms in total. The van der Waals surface area contributed by atoms with Crippen LogP contribution in [0.3, 0.4) is 0 Å². The normalized spacial score (nSPS) is 27.6. The molecule has 0 aromatic rings. The molecule has 4 heteroatoms. The van der Waals surface area contributed by atoms with Crippen molar-refractivity contribution < 1.29 is 9.59 Å². The van der Waals surface area contributed by atoms with Gasteiger partial charge in [-0.15, -0.1) is 0 Å². The van der Waals surface area contributed by atoms with E-state index in [1.807, 2.05) is 27.7 Å². The summed E-state index contributed by atoms with van der Waals surface area (Å²) in [5.74, 6) is 0.157. The van der Waals surface area contributed by atoms with Crippen molar-refractivity contribution >= 4 is 11.8 Å². The number of nitrogens with zero attached hydrogens (tertiary/aromatic N) is 1. The summed E-state index contributed by atoms with van der Waals surface area (Å²) < 4.78 is 0. The maximum absolute atomic E-state index is 12.8. The molecule has 0 aromatic carbocycles. The molecular weight excluding hydrogens is 240 g/mol. The van der Waals surface area contributed by atoms with Gasteiger partial charge in [-0.25, -0.2) is 0 Å². The summed E-state index contributed by atoms with van der Waals surface area (Å²) in [4.78, 5) is 27.2. The zero-order valence-corrected chi connectivity index (χ0v) is 12.6. The second kappa shape index (κ2) is 4.80. The van der Waals surface area contributed by atoms with Crippen molar-refractivity contribution in [3.8, 4) is 0 Å². The number of carbonyl (C=O) groups excluding carboxylic acids is 2. The lowest BCUT2D eigenvalue weighted by Gasteiger charge is -2.50. The fourth-order valence-electron chi connectivity index (χ4n) is 3.57. The van der Waals surface area contributed by atoms with Crippen molar-refractivity contribution in [2.75, 3.05) is 6.54 Å². The molecule has 2 amide bonds.